The number of fused-ring (bicyclic) bond motifs is 1. The smallest absolute Gasteiger partial charge is 0.204 e. The van der Waals surface area contributed by atoms with Crippen molar-refractivity contribution in [3.63, 3.8) is 0 Å². The van der Waals surface area contributed by atoms with Crippen molar-refractivity contribution in [1.29, 1.82) is 5.26 Å². The van der Waals surface area contributed by atoms with Gasteiger partial charge in [0.05, 0.1) is 35.1 Å². The number of guanidine groups is 1. The van der Waals surface area contributed by atoms with Gasteiger partial charge in [-0.25, -0.2) is 9.97 Å². The Balaban J connectivity index is 1.63. The van der Waals surface area contributed by atoms with Crippen LogP contribution in [0.25, 0.3) is 10.2 Å². The van der Waals surface area contributed by atoms with Gasteiger partial charge in [-0.3, -0.25) is 9.89 Å². The lowest BCUT2D eigenvalue weighted by atomic mass is 10.2. The quantitative estimate of drug-likeness (QED) is 0.739. The average Bonchev–Trinajstić information content (AvgIpc) is 3.28. The predicted octanol–water partition coefficient (Wildman–Crippen LogP) is 2.83. The highest BCUT2D eigenvalue weighted by Gasteiger charge is 2.27. The fourth-order valence-corrected chi connectivity index (χ4v) is 4.04. The summed E-state index contributed by atoms with van der Waals surface area (Å²) < 4.78 is 3.12. The Hall–Kier alpha value is -3.18. The maximum atomic E-state index is 9.24. The minimum absolute atomic E-state index is 0.0905. The highest BCUT2D eigenvalue weighted by molar-refractivity contribution is 7.22. The molecule has 1 aliphatic heterocycles. The number of imidazole rings is 1. The van der Waals surface area contributed by atoms with E-state index >= 15 is 0 Å². The second kappa shape index (κ2) is 7.60. The van der Waals surface area contributed by atoms with Crippen LogP contribution in [-0.4, -0.2) is 33.1 Å². The number of hydrogen-bond acceptors (Lipinski definition) is 5. The first kappa shape index (κ1) is 17.2. The maximum Gasteiger partial charge on any atom is 0.204 e. The number of aromatic nitrogens is 3. The summed E-state index contributed by atoms with van der Waals surface area (Å²) in [6, 6.07) is 10.2. The third-order valence-electron chi connectivity index (χ3n) is 4.43. The summed E-state index contributed by atoms with van der Waals surface area (Å²) in [5.74, 6) is 0.721. The highest BCUT2D eigenvalue weighted by atomic mass is 32.1. The number of nitrogens with one attached hydrogen (secondary N) is 1. The van der Waals surface area contributed by atoms with Gasteiger partial charge in [-0.15, -0.1) is 0 Å². The molecule has 0 fully saturated rings. The molecule has 27 heavy (non-hydrogen) atoms. The summed E-state index contributed by atoms with van der Waals surface area (Å²) >= 11 is 1.61. The van der Waals surface area contributed by atoms with Crippen LogP contribution in [0.5, 0.6) is 0 Å². The number of nitrogens with zero attached hydrogens (tertiary/aromatic N) is 6. The number of benzene rings is 1. The molecule has 136 valence electrons. The monoisotopic (exact) mass is 377 g/mol. The number of aryl methyl sites for hydroxylation is 1. The van der Waals surface area contributed by atoms with Crippen molar-refractivity contribution in [3.8, 4) is 6.07 Å². The van der Waals surface area contributed by atoms with Crippen molar-refractivity contribution >= 4 is 32.6 Å². The number of anilines is 1. The Bertz CT molecular complexity index is 1010. The van der Waals surface area contributed by atoms with Crippen LogP contribution in [0.15, 0.2) is 54.1 Å². The third-order valence-corrected chi connectivity index (χ3v) is 5.46. The lowest BCUT2D eigenvalue weighted by molar-refractivity contribution is 0.762. The van der Waals surface area contributed by atoms with Gasteiger partial charge in [0.25, 0.3) is 0 Å². The lowest BCUT2D eigenvalue weighted by Gasteiger charge is -2.32. The first-order chi connectivity index (χ1) is 13.3. The minimum Gasteiger partial charge on any atom is -0.338 e. The third kappa shape index (κ3) is 3.55. The van der Waals surface area contributed by atoms with Gasteiger partial charge >= 0.3 is 0 Å². The first-order valence-electron chi connectivity index (χ1n) is 8.71. The van der Waals surface area contributed by atoms with Gasteiger partial charge in [-0.2, -0.15) is 5.26 Å². The largest absolute Gasteiger partial charge is 0.338 e. The van der Waals surface area contributed by atoms with E-state index in [1.807, 2.05) is 53.2 Å². The molecule has 1 aromatic carbocycles. The van der Waals surface area contributed by atoms with Gasteiger partial charge in [-0.1, -0.05) is 23.5 Å². The molecule has 0 radical (unpaired) electrons. The van der Waals surface area contributed by atoms with E-state index in [0.717, 1.165) is 33.4 Å². The molecule has 0 saturated carbocycles. The van der Waals surface area contributed by atoms with Crippen molar-refractivity contribution in [2.75, 3.05) is 11.4 Å². The minimum atomic E-state index is -0.0905. The number of thiazole rings is 1. The van der Waals surface area contributed by atoms with E-state index in [4.69, 9.17) is 9.98 Å². The van der Waals surface area contributed by atoms with Gasteiger partial charge in [0.15, 0.2) is 5.13 Å². The molecular weight excluding hydrogens is 358 g/mol. The lowest BCUT2D eigenvalue weighted by Crippen LogP contribution is -2.48. The van der Waals surface area contributed by atoms with Crippen LogP contribution in [0.2, 0.25) is 0 Å². The van der Waals surface area contributed by atoms with Gasteiger partial charge in [0, 0.05) is 38.1 Å². The van der Waals surface area contributed by atoms with Crippen LogP contribution in [0.4, 0.5) is 5.13 Å². The SMILES string of the molecule is Cn1cncc1CCN=C1NC=CC(CC#N)N1c1nc2ccccc2s1. The van der Waals surface area contributed by atoms with Crippen LogP contribution in [0.3, 0.4) is 0 Å². The number of para-hydroxylation sites is 1. The zero-order chi connectivity index (χ0) is 18.6. The summed E-state index contributed by atoms with van der Waals surface area (Å²) in [6.45, 7) is 0.621. The maximum absolute atomic E-state index is 9.24. The number of aliphatic imine (C=N–C) groups is 1. The molecular formula is C19H19N7S. The van der Waals surface area contributed by atoms with Crippen molar-refractivity contribution < 1.29 is 0 Å². The highest BCUT2D eigenvalue weighted by Crippen LogP contribution is 2.31. The molecule has 0 spiro atoms. The van der Waals surface area contributed by atoms with Crippen molar-refractivity contribution in [1.82, 2.24) is 19.9 Å². The molecule has 3 aromatic rings. The van der Waals surface area contributed by atoms with Crippen LogP contribution >= 0.6 is 11.3 Å². The van der Waals surface area contributed by atoms with E-state index in [1.54, 1.807) is 17.7 Å². The fourth-order valence-electron chi connectivity index (χ4n) is 3.02. The van der Waals surface area contributed by atoms with Gasteiger partial charge in [0.2, 0.25) is 5.96 Å². The molecule has 1 unspecified atom stereocenters. The second-order valence-electron chi connectivity index (χ2n) is 6.22. The van der Waals surface area contributed by atoms with Crippen LogP contribution in [-0.2, 0) is 13.5 Å². The van der Waals surface area contributed by atoms with Crippen LogP contribution < -0.4 is 10.2 Å². The number of nitriles is 1. The van der Waals surface area contributed by atoms with Gasteiger partial charge in [0.1, 0.15) is 0 Å². The second-order valence-corrected chi connectivity index (χ2v) is 7.23. The number of rotatable bonds is 5. The van der Waals surface area contributed by atoms with Gasteiger partial charge < -0.3 is 9.88 Å². The zero-order valence-electron chi connectivity index (χ0n) is 14.9. The molecule has 3 heterocycles. The van der Waals surface area contributed by atoms with Crippen molar-refractivity contribution in [2.24, 2.45) is 12.0 Å². The van der Waals surface area contributed by atoms with E-state index in [9.17, 15) is 5.26 Å². The summed E-state index contributed by atoms with van der Waals surface area (Å²) in [5.41, 5.74) is 2.09. The van der Waals surface area contributed by atoms with Crippen molar-refractivity contribution in [3.05, 3.63) is 54.8 Å². The molecule has 1 N–H and O–H groups in total. The van der Waals surface area contributed by atoms with E-state index in [2.05, 4.69) is 22.4 Å². The number of hydrogen-bond donors (Lipinski definition) is 1. The first-order valence-corrected chi connectivity index (χ1v) is 9.52. The molecule has 8 heteroatoms. The molecule has 7 nitrogen and oxygen atoms in total. The molecule has 0 amide bonds. The normalized spacial score (nSPS) is 18.0. The Morgan fingerprint density at radius 2 is 2.26 bits per heavy atom. The summed E-state index contributed by atoms with van der Waals surface area (Å²) in [4.78, 5) is 15.7. The van der Waals surface area contributed by atoms with E-state index in [-0.39, 0.29) is 6.04 Å². The average molecular weight is 377 g/mol. The Morgan fingerprint density at radius 1 is 1.37 bits per heavy atom. The zero-order valence-corrected chi connectivity index (χ0v) is 15.7. The molecule has 1 aliphatic rings. The predicted molar refractivity (Wildman–Crippen MR) is 108 cm³/mol. The Labute approximate surface area is 161 Å². The summed E-state index contributed by atoms with van der Waals surface area (Å²) in [5, 5.41) is 13.3. The van der Waals surface area contributed by atoms with E-state index in [0.29, 0.717) is 13.0 Å². The molecule has 1 atom stereocenters. The Kier molecular flexibility index (Phi) is 4.85. The topological polar surface area (TPSA) is 82.1 Å². The molecule has 4 rings (SSSR count). The molecule has 0 bridgehead atoms. The van der Waals surface area contributed by atoms with Crippen LogP contribution in [0, 0.1) is 11.3 Å². The molecule has 0 aliphatic carbocycles. The fraction of sp³-hybridized carbons (Fsp3) is 0.263. The van der Waals surface area contributed by atoms with Crippen LogP contribution in [0.1, 0.15) is 12.1 Å². The van der Waals surface area contributed by atoms with Crippen molar-refractivity contribution in [2.45, 2.75) is 18.9 Å². The van der Waals surface area contributed by atoms with E-state index < -0.39 is 0 Å². The molecule has 0 saturated heterocycles. The summed E-state index contributed by atoms with van der Waals surface area (Å²) in [6.07, 6.45) is 8.65. The van der Waals surface area contributed by atoms with E-state index in [1.165, 1.54) is 0 Å². The Morgan fingerprint density at radius 3 is 3.04 bits per heavy atom. The standard InChI is InChI=1S/C19H19N7S/c1-25-13-21-12-15(25)8-11-23-18-22-10-7-14(6-9-20)26(18)19-24-16-4-2-3-5-17(16)27-19/h2-5,7,10,12-14H,6,8,11H2,1H3,(H,22,23). The molecule has 2 aromatic heterocycles. The summed E-state index contributed by atoms with van der Waals surface area (Å²) in [7, 11) is 1.98. The van der Waals surface area contributed by atoms with Gasteiger partial charge in [-0.05, 0) is 18.2 Å².